The van der Waals surface area contributed by atoms with E-state index < -0.39 is 47.0 Å². The fourth-order valence-electron chi connectivity index (χ4n) is 6.85. The highest BCUT2D eigenvalue weighted by Crippen LogP contribution is 2.64. The molecule has 1 aromatic heterocycles. The number of carboxylic acid groups (broad SMARTS) is 1. The first-order chi connectivity index (χ1) is 17.8. The van der Waals surface area contributed by atoms with Crippen LogP contribution in [0.1, 0.15) is 39.5 Å². The summed E-state index contributed by atoms with van der Waals surface area (Å²) in [4.78, 5) is 43.8. The Morgan fingerprint density at radius 3 is 2.73 bits per heavy atom. The van der Waals surface area contributed by atoms with E-state index in [0.29, 0.717) is 31.2 Å². The summed E-state index contributed by atoms with van der Waals surface area (Å²) in [6.07, 6.45) is 3.27. The van der Waals surface area contributed by atoms with Gasteiger partial charge in [-0.25, -0.2) is 4.68 Å². The van der Waals surface area contributed by atoms with E-state index in [1.54, 1.807) is 10.8 Å². The molecule has 3 aliphatic heterocycles. The first-order valence-electron chi connectivity index (χ1n) is 12.8. The molecule has 3 aliphatic rings. The molecule has 37 heavy (non-hydrogen) atoms. The van der Waals surface area contributed by atoms with Gasteiger partial charge in [-0.2, -0.15) is 0 Å². The second kappa shape index (κ2) is 9.21. The van der Waals surface area contributed by atoms with Crippen LogP contribution >= 0.6 is 0 Å². The Bertz CT molecular complexity index is 1240. The van der Waals surface area contributed by atoms with Gasteiger partial charge in [-0.15, -0.1) is 11.7 Å². The zero-order valence-electron chi connectivity index (χ0n) is 21.1. The van der Waals surface area contributed by atoms with Crippen LogP contribution in [0.4, 0.5) is 0 Å². The molecule has 0 aliphatic carbocycles. The van der Waals surface area contributed by atoms with Gasteiger partial charge in [0, 0.05) is 6.54 Å². The van der Waals surface area contributed by atoms with Crippen molar-refractivity contribution in [3.05, 3.63) is 36.9 Å². The quantitative estimate of drug-likeness (QED) is 0.457. The largest absolute Gasteiger partial charge is 0.481 e. The highest BCUT2D eigenvalue weighted by molar-refractivity contribution is 5.98. The SMILES string of the molecule is C=CCN(Cn1nnc2ccccc21)C(=O)C1N([C@@H](CC)CO)C(=O)[C@@H]2[C@H](C(=O)O)[C@]3(CC)CCC12O3. The van der Waals surface area contributed by atoms with Gasteiger partial charge in [0.05, 0.1) is 29.7 Å². The molecule has 4 heterocycles. The number of aromatic nitrogens is 3. The van der Waals surface area contributed by atoms with Crippen LogP contribution in [-0.2, 0) is 25.8 Å². The lowest BCUT2D eigenvalue weighted by molar-refractivity contribution is -0.160. The van der Waals surface area contributed by atoms with Gasteiger partial charge in [-0.05, 0) is 37.8 Å². The molecule has 2 amide bonds. The minimum absolute atomic E-state index is 0.0574. The second-order valence-corrected chi connectivity index (χ2v) is 10.2. The molecule has 198 valence electrons. The summed E-state index contributed by atoms with van der Waals surface area (Å²) in [7, 11) is 0. The summed E-state index contributed by atoms with van der Waals surface area (Å²) in [6.45, 7) is 7.37. The maximum absolute atomic E-state index is 14.4. The van der Waals surface area contributed by atoms with Crippen molar-refractivity contribution in [1.82, 2.24) is 24.8 Å². The number of aliphatic carboxylic acids is 1. The minimum Gasteiger partial charge on any atom is -0.481 e. The predicted molar refractivity (Wildman–Crippen MR) is 132 cm³/mol. The van der Waals surface area contributed by atoms with Crippen LogP contribution in [0.3, 0.4) is 0 Å². The van der Waals surface area contributed by atoms with Crippen molar-refractivity contribution in [1.29, 1.82) is 0 Å². The number of para-hydroxylation sites is 1. The third-order valence-electron chi connectivity index (χ3n) is 8.58. The number of fused-ring (bicyclic) bond motifs is 2. The van der Waals surface area contributed by atoms with Crippen LogP contribution in [0.5, 0.6) is 0 Å². The normalized spacial score (nSPS) is 31.1. The molecule has 2 bridgehead atoms. The Kier molecular flexibility index (Phi) is 6.31. The molecule has 1 aromatic carbocycles. The Labute approximate surface area is 214 Å². The number of carboxylic acids is 1. The van der Waals surface area contributed by atoms with Crippen molar-refractivity contribution in [3.8, 4) is 0 Å². The van der Waals surface area contributed by atoms with Crippen molar-refractivity contribution in [2.45, 2.75) is 69.5 Å². The van der Waals surface area contributed by atoms with Crippen LogP contribution in [0.2, 0.25) is 0 Å². The number of benzene rings is 1. The zero-order valence-corrected chi connectivity index (χ0v) is 21.1. The lowest BCUT2D eigenvalue weighted by Gasteiger charge is -2.39. The van der Waals surface area contributed by atoms with E-state index in [9.17, 15) is 24.6 Å². The van der Waals surface area contributed by atoms with Gasteiger partial charge in [0.15, 0.2) is 0 Å². The molecule has 11 heteroatoms. The Morgan fingerprint density at radius 2 is 2.08 bits per heavy atom. The Hall–Kier alpha value is -3.31. The Balaban J connectivity index is 1.59. The van der Waals surface area contributed by atoms with E-state index in [1.807, 2.05) is 38.1 Å². The average molecular weight is 512 g/mol. The maximum atomic E-state index is 14.4. The first-order valence-corrected chi connectivity index (χ1v) is 12.8. The number of aliphatic hydroxyl groups excluding tert-OH is 1. The number of nitrogens with zero attached hydrogens (tertiary/aromatic N) is 5. The van der Waals surface area contributed by atoms with Crippen molar-refractivity contribution in [2.75, 3.05) is 13.2 Å². The van der Waals surface area contributed by atoms with Gasteiger partial charge >= 0.3 is 5.97 Å². The molecule has 3 saturated heterocycles. The van der Waals surface area contributed by atoms with Crippen LogP contribution < -0.4 is 0 Å². The molecule has 11 nitrogen and oxygen atoms in total. The van der Waals surface area contributed by atoms with Crippen LogP contribution in [0, 0.1) is 11.8 Å². The summed E-state index contributed by atoms with van der Waals surface area (Å²) < 4.78 is 8.18. The lowest BCUT2D eigenvalue weighted by Crippen LogP contribution is -2.59. The van der Waals surface area contributed by atoms with Crippen molar-refractivity contribution >= 4 is 28.8 Å². The number of aliphatic hydroxyl groups is 1. The second-order valence-electron chi connectivity index (χ2n) is 10.2. The van der Waals surface area contributed by atoms with Gasteiger partial charge in [-0.1, -0.05) is 37.3 Å². The van der Waals surface area contributed by atoms with Gasteiger partial charge < -0.3 is 24.7 Å². The number of amides is 2. The number of hydrogen-bond acceptors (Lipinski definition) is 7. The standard InChI is InChI=1S/C26H33N5O6/c1-4-13-29(15-30-18-10-8-7-9-17(18)27-28-30)23(34)21-26-12-11-25(6-3,37-26)20(24(35)36)19(26)22(33)31(21)16(5-2)14-32/h4,7-10,16,19-21,32H,1,5-6,11-15H2,2-3H3,(H,35,36)/t16-,19-,20+,21?,25-,26?/m0/s1. The van der Waals surface area contributed by atoms with Crippen LogP contribution in [-0.4, -0.2) is 89.2 Å². The third kappa shape index (κ3) is 3.51. The van der Waals surface area contributed by atoms with Crippen molar-refractivity contribution < 1.29 is 29.3 Å². The summed E-state index contributed by atoms with van der Waals surface area (Å²) in [5.74, 6) is -3.97. The van der Waals surface area contributed by atoms with E-state index >= 15 is 0 Å². The Morgan fingerprint density at radius 1 is 1.32 bits per heavy atom. The smallest absolute Gasteiger partial charge is 0.310 e. The van der Waals surface area contributed by atoms with Crippen LogP contribution in [0.25, 0.3) is 11.0 Å². The van der Waals surface area contributed by atoms with Crippen molar-refractivity contribution in [3.63, 3.8) is 0 Å². The fraction of sp³-hybridized carbons (Fsp3) is 0.577. The highest BCUT2D eigenvalue weighted by Gasteiger charge is 2.79. The summed E-state index contributed by atoms with van der Waals surface area (Å²) >= 11 is 0. The summed E-state index contributed by atoms with van der Waals surface area (Å²) in [5, 5.41) is 28.7. The molecule has 1 spiro atoms. The third-order valence-corrected chi connectivity index (χ3v) is 8.58. The molecular weight excluding hydrogens is 478 g/mol. The first kappa shape index (κ1) is 25.3. The van der Waals surface area contributed by atoms with E-state index in [2.05, 4.69) is 16.9 Å². The van der Waals surface area contributed by atoms with Gasteiger partial charge in [0.25, 0.3) is 0 Å². The molecule has 0 radical (unpaired) electrons. The number of carbonyl (C=O) groups is 3. The molecule has 2 unspecified atom stereocenters. The topological polar surface area (TPSA) is 138 Å². The summed E-state index contributed by atoms with van der Waals surface area (Å²) in [5.41, 5.74) is -0.846. The minimum atomic E-state index is -1.28. The predicted octanol–water partition coefficient (Wildman–Crippen LogP) is 1.41. The number of hydrogen-bond donors (Lipinski definition) is 2. The van der Waals surface area contributed by atoms with Crippen molar-refractivity contribution in [2.24, 2.45) is 11.8 Å². The van der Waals surface area contributed by atoms with E-state index in [1.165, 1.54) is 9.80 Å². The fourth-order valence-corrected chi connectivity index (χ4v) is 6.85. The van der Waals surface area contributed by atoms with Gasteiger partial charge in [0.2, 0.25) is 11.8 Å². The molecular formula is C26H33N5O6. The van der Waals surface area contributed by atoms with Gasteiger partial charge in [-0.3, -0.25) is 14.4 Å². The number of likely N-dealkylation sites (tertiary alicyclic amines) is 1. The molecule has 0 saturated carbocycles. The monoisotopic (exact) mass is 511 g/mol. The summed E-state index contributed by atoms with van der Waals surface area (Å²) in [6, 6.07) is 5.68. The van der Waals surface area contributed by atoms with E-state index in [-0.39, 0.29) is 25.7 Å². The molecule has 2 N–H and O–H groups in total. The number of ether oxygens (including phenoxy) is 1. The molecule has 5 rings (SSSR count). The average Bonchev–Trinajstić information content (AvgIpc) is 3.62. The number of rotatable bonds is 10. The zero-order chi connectivity index (χ0) is 26.5. The number of carbonyl (C=O) groups excluding carboxylic acids is 2. The van der Waals surface area contributed by atoms with Crippen LogP contribution in [0.15, 0.2) is 36.9 Å². The molecule has 3 fully saturated rings. The van der Waals surface area contributed by atoms with Gasteiger partial charge in [0.1, 0.15) is 29.7 Å². The maximum Gasteiger partial charge on any atom is 0.310 e. The lowest BCUT2D eigenvalue weighted by atomic mass is 9.65. The van der Waals surface area contributed by atoms with E-state index in [0.717, 1.165) is 5.52 Å². The molecule has 6 atom stereocenters. The molecule has 2 aromatic rings. The highest BCUT2D eigenvalue weighted by atomic mass is 16.5. The van der Waals surface area contributed by atoms with E-state index in [4.69, 9.17) is 4.74 Å².